The molecular formula is C14H9N3O2. The highest BCUT2D eigenvalue weighted by Crippen LogP contribution is 2.44. The number of hydrogen-bond acceptors (Lipinski definition) is 3. The van der Waals surface area contributed by atoms with Crippen molar-refractivity contribution in [2.24, 2.45) is 0 Å². The van der Waals surface area contributed by atoms with Crippen LogP contribution in [-0.2, 0) is 0 Å². The summed E-state index contributed by atoms with van der Waals surface area (Å²) in [6.45, 7) is 0. The minimum atomic E-state index is -0.940. The van der Waals surface area contributed by atoms with Crippen LogP contribution in [-0.4, -0.2) is 20.6 Å². The summed E-state index contributed by atoms with van der Waals surface area (Å²) >= 11 is 0. The summed E-state index contributed by atoms with van der Waals surface area (Å²) < 4.78 is 1.96. The molecule has 0 radical (unpaired) electrons. The first kappa shape index (κ1) is 10.1. The first-order chi connectivity index (χ1) is 9.24. The number of aromatic nitrogens is 2. The van der Waals surface area contributed by atoms with Crippen LogP contribution in [0.15, 0.2) is 42.7 Å². The van der Waals surface area contributed by atoms with E-state index in [0.29, 0.717) is 5.52 Å². The minimum absolute atomic E-state index is 0.250. The molecule has 0 unspecified atom stereocenters. The Balaban J connectivity index is 1.93. The maximum atomic E-state index is 10.9. The molecule has 4 rings (SSSR count). The van der Waals surface area contributed by atoms with Gasteiger partial charge in [-0.3, -0.25) is 4.57 Å². The van der Waals surface area contributed by atoms with Crippen LogP contribution in [0.4, 0.5) is 11.4 Å². The van der Waals surface area contributed by atoms with Gasteiger partial charge in [0.1, 0.15) is 6.33 Å². The van der Waals surface area contributed by atoms with Crippen molar-refractivity contribution < 1.29 is 9.90 Å². The molecule has 2 N–H and O–H groups in total. The highest BCUT2D eigenvalue weighted by molar-refractivity contribution is 5.98. The standard InChI is InChI=1S/C14H9N3O2/c18-14(19)8-4-5-11-10(6-8)15-7-17(11)12-3-1-2-9-13(12)16-9/h1-7,16H,(H,18,19). The number of nitrogens with one attached hydrogen (secondary N) is 1. The maximum Gasteiger partial charge on any atom is 0.335 e. The molecule has 5 heteroatoms. The molecule has 3 aromatic rings. The number of nitrogens with zero attached hydrogens (tertiary/aromatic N) is 2. The van der Waals surface area contributed by atoms with Gasteiger partial charge in [0, 0.05) is 0 Å². The molecule has 0 spiro atoms. The molecule has 92 valence electrons. The summed E-state index contributed by atoms with van der Waals surface area (Å²) in [5.41, 5.74) is 5.08. The van der Waals surface area contributed by atoms with Gasteiger partial charge in [-0.15, -0.1) is 0 Å². The predicted octanol–water partition coefficient (Wildman–Crippen LogP) is 2.78. The molecule has 0 saturated heterocycles. The number of aromatic carboxylic acids is 1. The topological polar surface area (TPSA) is 77.1 Å². The molecule has 1 aliphatic heterocycles. The van der Waals surface area contributed by atoms with Crippen LogP contribution in [0.25, 0.3) is 16.7 Å². The quantitative estimate of drug-likeness (QED) is 0.537. The molecule has 2 aromatic carbocycles. The van der Waals surface area contributed by atoms with Gasteiger partial charge in [-0.2, -0.15) is 0 Å². The van der Waals surface area contributed by atoms with E-state index in [1.54, 1.807) is 24.5 Å². The van der Waals surface area contributed by atoms with Crippen molar-refractivity contribution in [3.63, 3.8) is 0 Å². The molecule has 0 aliphatic carbocycles. The summed E-state index contributed by atoms with van der Waals surface area (Å²) in [7, 11) is 0. The number of carboxylic acids is 1. The van der Waals surface area contributed by atoms with Crippen molar-refractivity contribution in [2.75, 3.05) is 5.32 Å². The molecule has 1 aliphatic rings. The van der Waals surface area contributed by atoms with E-state index in [1.165, 1.54) is 0 Å². The Morgan fingerprint density at radius 2 is 2.16 bits per heavy atom. The summed E-state index contributed by atoms with van der Waals surface area (Å²) in [5, 5.41) is 12.2. The van der Waals surface area contributed by atoms with Crippen LogP contribution < -0.4 is 5.32 Å². The average molecular weight is 251 g/mol. The summed E-state index contributed by atoms with van der Waals surface area (Å²) in [5.74, 6) is -0.940. The SMILES string of the molecule is O=C(O)c1ccc2c(c1)ncn2-c1cccc2c1N2. The maximum absolute atomic E-state index is 10.9. The van der Waals surface area contributed by atoms with Crippen LogP contribution in [0, 0.1) is 0 Å². The molecular weight excluding hydrogens is 242 g/mol. The van der Waals surface area contributed by atoms with Gasteiger partial charge in [0.15, 0.2) is 0 Å². The van der Waals surface area contributed by atoms with Gasteiger partial charge < -0.3 is 10.4 Å². The highest BCUT2D eigenvalue weighted by atomic mass is 16.4. The van der Waals surface area contributed by atoms with Crippen LogP contribution in [0.2, 0.25) is 0 Å². The smallest absolute Gasteiger partial charge is 0.335 e. The number of anilines is 2. The number of rotatable bonds is 2. The molecule has 2 heterocycles. The van der Waals surface area contributed by atoms with E-state index in [0.717, 1.165) is 22.6 Å². The lowest BCUT2D eigenvalue weighted by Crippen LogP contribution is -1.96. The third kappa shape index (κ3) is 1.41. The molecule has 0 fully saturated rings. The van der Waals surface area contributed by atoms with E-state index < -0.39 is 5.97 Å². The molecule has 0 bridgehead atoms. The Labute approximate surface area is 108 Å². The largest absolute Gasteiger partial charge is 0.478 e. The van der Waals surface area contributed by atoms with Crippen molar-refractivity contribution in [3.8, 4) is 5.69 Å². The van der Waals surface area contributed by atoms with Crippen molar-refractivity contribution in [1.82, 2.24) is 9.55 Å². The summed E-state index contributed by atoms with van der Waals surface area (Å²) in [4.78, 5) is 15.2. The Hall–Kier alpha value is -2.82. The van der Waals surface area contributed by atoms with Gasteiger partial charge in [-0.1, -0.05) is 6.07 Å². The van der Waals surface area contributed by atoms with E-state index in [9.17, 15) is 4.79 Å². The molecule has 0 atom stereocenters. The summed E-state index contributed by atoms with van der Waals surface area (Å²) in [6, 6.07) is 11.0. The van der Waals surface area contributed by atoms with E-state index >= 15 is 0 Å². The summed E-state index contributed by atoms with van der Waals surface area (Å²) in [6.07, 6.45) is 1.71. The fourth-order valence-electron chi connectivity index (χ4n) is 2.29. The Bertz CT molecular complexity index is 836. The molecule has 5 nitrogen and oxygen atoms in total. The van der Waals surface area contributed by atoms with Gasteiger partial charge in [0.05, 0.1) is 33.7 Å². The predicted molar refractivity (Wildman–Crippen MR) is 71.3 cm³/mol. The lowest BCUT2D eigenvalue weighted by Gasteiger charge is -2.02. The third-order valence-corrected chi connectivity index (χ3v) is 3.29. The van der Waals surface area contributed by atoms with E-state index in [1.807, 2.05) is 22.8 Å². The van der Waals surface area contributed by atoms with Crippen LogP contribution in [0.5, 0.6) is 0 Å². The zero-order valence-electron chi connectivity index (χ0n) is 9.79. The second-order valence-electron chi connectivity index (χ2n) is 4.45. The van der Waals surface area contributed by atoms with Gasteiger partial charge in [0.25, 0.3) is 0 Å². The van der Waals surface area contributed by atoms with Gasteiger partial charge in [-0.25, -0.2) is 9.78 Å². The van der Waals surface area contributed by atoms with Crippen LogP contribution in [0.3, 0.4) is 0 Å². The number of fused-ring (bicyclic) bond motifs is 2. The first-order valence-corrected chi connectivity index (χ1v) is 5.85. The number of para-hydroxylation sites is 1. The van der Waals surface area contributed by atoms with Crippen molar-refractivity contribution in [1.29, 1.82) is 0 Å². The lowest BCUT2D eigenvalue weighted by atomic mass is 10.2. The zero-order valence-corrected chi connectivity index (χ0v) is 9.79. The average Bonchev–Trinajstić information content (AvgIpc) is 3.09. The molecule has 1 aromatic heterocycles. The molecule has 19 heavy (non-hydrogen) atoms. The number of carbonyl (C=O) groups is 1. The van der Waals surface area contributed by atoms with Crippen molar-refractivity contribution in [3.05, 3.63) is 48.3 Å². The van der Waals surface area contributed by atoms with Crippen molar-refractivity contribution >= 4 is 28.4 Å². The highest BCUT2D eigenvalue weighted by Gasteiger charge is 2.21. The lowest BCUT2D eigenvalue weighted by molar-refractivity contribution is 0.0697. The van der Waals surface area contributed by atoms with E-state index in [4.69, 9.17) is 5.11 Å². The number of benzene rings is 2. The zero-order chi connectivity index (χ0) is 13.0. The monoisotopic (exact) mass is 251 g/mol. The van der Waals surface area contributed by atoms with Gasteiger partial charge in [0.2, 0.25) is 0 Å². The van der Waals surface area contributed by atoms with Gasteiger partial charge >= 0.3 is 5.97 Å². The number of imidazole rings is 1. The Morgan fingerprint density at radius 1 is 1.26 bits per heavy atom. The molecule has 0 amide bonds. The van der Waals surface area contributed by atoms with Gasteiger partial charge in [-0.05, 0) is 30.3 Å². The van der Waals surface area contributed by atoms with Crippen LogP contribution >= 0.6 is 0 Å². The Kier molecular flexibility index (Phi) is 1.79. The second-order valence-corrected chi connectivity index (χ2v) is 4.45. The first-order valence-electron chi connectivity index (χ1n) is 5.85. The Morgan fingerprint density at radius 3 is 3.00 bits per heavy atom. The molecule has 0 saturated carbocycles. The normalized spacial score (nSPS) is 12.0. The van der Waals surface area contributed by atoms with E-state index in [-0.39, 0.29) is 5.56 Å². The number of carboxylic acid groups (broad SMARTS) is 1. The minimum Gasteiger partial charge on any atom is -0.478 e. The number of hydrogen-bond donors (Lipinski definition) is 2. The van der Waals surface area contributed by atoms with Crippen molar-refractivity contribution in [2.45, 2.75) is 0 Å². The third-order valence-electron chi connectivity index (χ3n) is 3.29. The second kappa shape index (κ2) is 3.35. The fourth-order valence-corrected chi connectivity index (χ4v) is 2.29. The van der Waals surface area contributed by atoms with E-state index in [2.05, 4.69) is 10.3 Å². The van der Waals surface area contributed by atoms with Crippen LogP contribution in [0.1, 0.15) is 10.4 Å². The fraction of sp³-hybridized carbons (Fsp3) is 0.